The Morgan fingerprint density at radius 2 is 2.04 bits per heavy atom. The largest absolute Gasteiger partial charge is 0.381 e. The van der Waals surface area contributed by atoms with Crippen LogP contribution in [0.2, 0.25) is 5.15 Å². The maximum Gasteiger partial charge on any atom is 0.171 e. The molecule has 2 aromatic rings. The summed E-state index contributed by atoms with van der Waals surface area (Å²) in [5.41, 5.74) is 8.48. The number of ether oxygens (including phenoxy) is 1. The Morgan fingerprint density at radius 3 is 2.70 bits per heavy atom. The van der Waals surface area contributed by atoms with Crippen LogP contribution in [-0.4, -0.2) is 35.8 Å². The molecule has 1 aliphatic rings. The van der Waals surface area contributed by atoms with Crippen LogP contribution in [0, 0.1) is 5.92 Å². The summed E-state index contributed by atoms with van der Waals surface area (Å²) in [5.74, 6) is 0.768. The molecule has 23 heavy (non-hydrogen) atoms. The lowest BCUT2D eigenvalue weighted by Crippen LogP contribution is -2.44. The van der Waals surface area contributed by atoms with Crippen LogP contribution in [0.3, 0.4) is 0 Å². The molecule has 3 rings (SSSR count). The van der Waals surface area contributed by atoms with Crippen molar-refractivity contribution in [2.45, 2.75) is 20.0 Å². The minimum absolute atomic E-state index is 0.236. The molecule has 0 radical (unpaired) electrons. The summed E-state index contributed by atoms with van der Waals surface area (Å²) in [4.78, 5) is 10.7. The fourth-order valence-corrected chi connectivity index (χ4v) is 2.81. The van der Waals surface area contributed by atoms with Crippen LogP contribution in [-0.2, 0) is 4.74 Å². The van der Waals surface area contributed by atoms with E-state index in [1.54, 1.807) is 6.20 Å². The first-order valence-corrected chi connectivity index (χ1v) is 8.17. The van der Waals surface area contributed by atoms with E-state index in [1.807, 2.05) is 12.1 Å². The van der Waals surface area contributed by atoms with Gasteiger partial charge in [-0.25, -0.2) is 9.97 Å². The van der Waals surface area contributed by atoms with Gasteiger partial charge in [0.25, 0.3) is 0 Å². The van der Waals surface area contributed by atoms with E-state index in [1.165, 1.54) is 5.69 Å². The lowest BCUT2D eigenvalue weighted by Gasteiger charge is -2.36. The van der Waals surface area contributed by atoms with Crippen LogP contribution in [0.4, 0.5) is 11.5 Å². The van der Waals surface area contributed by atoms with Crippen molar-refractivity contribution >= 4 is 23.1 Å². The summed E-state index contributed by atoms with van der Waals surface area (Å²) < 4.78 is 5.82. The van der Waals surface area contributed by atoms with Crippen LogP contribution < -0.4 is 10.6 Å². The number of rotatable bonds is 3. The summed E-state index contributed by atoms with van der Waals surface area (Å²) in [6, 6.07) is 8.27. The SMILES string of the molecule is CC(C)[C@H]1CN(c2ccc(-c3cnc(N)c(Cl)n3)cc2)CCO1. The van der Waals surface area contributed by atoms with Gasteiger partial charge in [-0.05, 0) is 18.1 Å². The summed E-state index contributed by atoms with van der Waals surface area (Å²) >= 11 is 5.94. The minimum atomic E-state index is 0.236. The molecular weight excluding hydrogens is 312 g/mol. The summed E-state index contributed by atoms with van der Waals surface area (Å²) in [7, 11) is 0. The van der Waals surface area contributed by atoms with E-state index >= 15 is 0 Å². The highest BCUT2D eigenvalue weighted by Gasteiger charge is 2.23. The molecule has 1 fully saturated rings. The Bertz CT molecular complexity index is 675. The smallest absolute Gasteiger partial charge is 0.171 e. The third-order valence-corrected chi connectivity index (χ3v) is 4.40. The second-order valence-corrected chi connectivity index (χ2v) is 6.44. The molecule has 0 saturated carbocycles. The number of halogens is 1. The van der Waals surface area contributed by atoms with E-state index in [2.05, 4.69) is 40.8 Å². The zero-order valence-corrected chi connectivity index (χ0v) is 14.1. The topological polar surface area (TPSA) is 64.3 Å². The van der Waals surface area contributed by atoms with Crippen molar-refractivity contribution in [1.82, 2.24) is 9.97 Å². The van der Waals surface area contributed by atoms with Crippen molar-refractivity contribution in [1.29, 1.82) is 0 Å². The van der Waals surface area contributed by atoms with E-state index in [-0.39, 0.29) is 17.1 Å². The fraction of sp³-hybridized carbons (Fsp3) is 0.412. The van der Waals surface area contributed by atoms with E-state index in [0.717, 1.165) is 31.0 Å². The number of nitrogens with two attached hydrogens (primary N) is 1. The monoisotopic (exact) mass is 332 g/mol. The Hall–Kier alpha value is -1.85. The van der Waals surface area contributed by atoms with Gasteiger partial charge in [0, 0.05) is 24.3 Å². The molecule has 0 bridgehead atoms. The number of nitrogens with zero attached hydrogens (tertiary/aromatic N) is 3. The third kappa shape index (κ3) is 3.57. The number of hydrogen-bond acceptors (Lipinski definition) is 5. The first-order chi connectivity index (χ1) is 11.0. The molecule has 0 unspecified atom stereocenters. The molecular formula is C17H21ClN4O. The molecule has 5 nitrogen and oxygen atoms in total. The first-order valence-electron chi connectivity index (χ1n) is 7.79. The number of morpholine rings is 1. The highest BCUT2D eigenvalue weighted by molar-refractivity contribution is 6.31. The summed E-state index contributed by atoms with van der Waals surface area (Å²) in [6.45, 7) is 6.99. The normalized spacial score (nSPS) is 18.4. The van der Waals surface area contributed by atoms with E-state index in [9.17, 15) is 0 Å². The van der Waals surface area contributed by atoms with Gasteiger partial charge in [0.2, 0.25) is 0 Å². The standard InChI is InChI=1S/C17H21ClN4O/c1-11(2)15-10-22(7-8-23-15)13-5-3-12(4-6-13)14-9-20-17(19)16(18)21-14/h3-6,9,11,15H,7-8,10H2,1-2H3,(H2,19,20)/t15-/m1/s1. The molecule has 1 saturated heterocycles. The molecule has 1 aromatic carbocycles. The summed E-state index contributed by atoms with van der Waals surface area (Å²) in [6.07, 6.45) is 1.92. The molecule has 0 amide bonds. The van der Waals surface area contributed by atoms with Gasteiger partial charge in [-0.3, -0.25) is 0 Å². The quantitative estimate of drug-likeness (QED) is 0.934. The van der Waals surface area contributed by atoms with Crippen molar-refractivity contribution in [3.8, 4) is 11.3 Å². The van der Waals surface area contributed by atoms with E-state index in [0.29, 0.717) is 5.92 Å². The molecule has 2 N–H and O–H groups in total. The number of benzene rings is 1. The number of nitrogen functional groups attached to an aromatic ring is 1. The molecule has 2 heterocycles. The molecule has 0 spiro atoms. The fourth-order valence-electron chi connectivity index (χ4n) is 2.67. The van der Waals surface area contributed by atoms with Crippen LogP contribution in [0.1, 0.15) is 13.8 Å². The molecule has 6 heteroatoms. The van der Waals surface area contributed by atoms with Gasteiger partial charge in [-0.1, -0.05) is 37.6 Å². The van der Waals surface area contributed by atoms with Gasteiger partial charge in [0.1, 0.15) is 0 Å². The Kier molecular flexibility index (Phi) is 4.68. The average Bonchev–Trinajstić information content (AvgIpc) is 2.57. The van der Waals surface area contributed by atoms with Crippen LogP contribution in [0.25, 0.3) is 11.3 Å². The first kappa shape index (κ1) is 16.0. The Balaban J connectivity index is 1.77. The van der Waals surface area contributed by atoms with Crippen LogP contribution in [0.5, 0.6) is 0 Å². The molecule has 0 aliphatic carbocycles. The minimum Gasteiger partial charge on any atom is -0.381 e. The maximum absolute atomic E-state index is 5.94. The van der Waals surface area contributed by atoms with Crippen LogP contribution >= 0.6 is 11.6 Å². The van der Waals surface area contributed by atoms with Crippen molar-refractivity contribution in [3.05, 3.63) is 35.6 Å². The van der Waals surface area contributed by atoms with Gasteiger partial charge in [0.15, 0.2) is 11.0 Å². The van der Waals surface area contributed by atoms with Gasteiger partial charge < -0.3 is 15.4 Å². The average molecular weight is 333 g/mol. The predicted molar refractivity (Wildman–Crippen MR) is 93.7 cm³/mol. The van der Waals surface area contributed by atoms with E-state index < -0.39 is 0 Å². The lowest BCUT2D eigenvalue weighted by molar-refractivity contribution is 0.0114. The number of aromatic nitrogens is 2. The second-order valence-electron chi connectivity index (χ2n) is 6.08. The third-order valence-electron chi connectivity index (χ3n) is 4.12. The van der Waals surface area contributed by atoms with Gasteiger partial charge in [-0.2, -0.15) is 0 Å². The second kappa shape index (κ2) is 6.72. The Labute approximate surface area is 141 Å². The highest BCUT2D eigenvalue weighted by atomic mass is 35.5. The van der Waals surface area contributed by atoms with Gasteiger partial charge in [-0.15, -0.1) is 0 Å². The molecule has 1 aromatic heterocycles. The van der Waals surface area contributed by atoms with Crippen molar-refractivity contribution < 1.29 is 4.74 Å². The maximum atomic E-state index is 5.94. The molecule has 1 aliphatic heterocycles. The summed E-state index contributed by atoms with van der Waals surface area (Å²) in [5, 5.41) is 0.236. The van der Waals surface area contributed by atoms with Gasteiger partial charge >= 0.3 is 0 Å². The van der Waals surface area contributed by atoms with E-state index in [4.69, 9.17) is 22.1 Å². The zero-order valence-electron chi connectivity index (χ0n) is 13.4. The lowest BCUT2D eigenvalue weighted by atomic mass is 10.0. The van der Waals surface area contributed by atoms with Crippen molar-refractivity contribution in [2.24, 2.45) is 5.92 Å². The number of anilines is 2. The Morgan fingerprint density at radius 1 is 1.30 bits per heavy atom. The van der Waals surface area contributed by atoms with Crippen LogP contribution in [0.15, 0.2) is 30.5 Å². The van der Waals surface area contributed by atoms with Crippen molar-refractivity contribution in [2.75, 3.05) is 30.3 Å². The zero-order chi connectivity index (χ0) is 16.4. The van der Waals surface area contributed by atoms with Crippen molar-refractivity contribution in [3.63, 3.8) is 0 Å². The molecule has 122 valence electrons. The predicted octanol–water partition coefficient (Wildman–Crippen LogP) is 3.24. The number of hydrogen-bond donors (Lipinski definition) is 1. The van der Waals surface area contributed by atoms with Gasteiger partial charge in [0.05, 0.1) is 24.6 Å². The molecule has 1 atom stereocenters. The highest BCUT2D eigenvalue weighted by Crippen LogP contribution is 2.25.